The van der Waals surface area contributed by atoms with Crippen LogP contribution in [0, 0.1) is 0 Å². The molecular formula is C16H27F9N2O8S2. The minimum atomic E-state index is -7.57. The molecule has 21 heteroatoms. The van der Waals surface area contributed by atoms with Crippen molar-refractivity contribution in [3.63, 3.8) is 0 Å². The Morgan fingerprint density at radius 2 is 1.38 bits per heavy atom. The van der Waals surface area contributed by atoms with Crippen LogP contribution in [-0.4, -0.2) is 134 Å². The molecule has 0 spiro atoms. The average molecular weight is 611 g/mol. The van der Waals surface area contributed by atoms with Crippen molar-refractivity contribution in [3.05, 3.63) is 0 Å². The van der Waals surface area contributed by atoms with Crippen LogP contribution in [0.4, 0.5) is 39.5 Å². The summed E-state index contributed by atoms with van der Waals surface area (Å²) in [5, 5.41) is 20.9. The molecule has 2 unspecified atom stereocenters. The van der Waals surface area contributed by atoms with Crippen LogP contribution in [0.5, 0.6) is 0 Å². The van der Waals surface area contributed by atoms with Gasteiger partial charge in [-0.2, -0.15) is 43.8 Å². The normalized spacial score (nSPS) is 16.8. The van der Waals surface area contributed by atoms with Crippen molar-refractivity contribution in [1.82, 2.24) is 4.31 Å². The van der Waals surface area contributed by atoms with Gasteiger partial charge in [0, 0.05) is 18.7 Å². The summed E-state index contributed by atoms with van der Waals surface area (Å²) < 4.78 is 177. The van der Waals surface area contributed by atoms with Crippen LogP contribution in [0.1, 0.15) is 12.8 Å². The Morgan fingerprint density at radius 3 is 1.76 bits per heavy atom. The first-order valence-corrected chi connectivity index (χ1v) is 13.1. The number of quaternary nitrogens is 1. The molecule has 3 N–H and O–H groups in total. The highest BCUT2D eigenvalue weighted by atomic mass is 32.2. The van der Waals surface area contributed by atoms with Crippen molar-refractivity contribution in [2.24, 2.45) is 0 Å². The molecule has 0 rings (SSSR count). The van der Waals surface area contributed by atoms with Crippen LogP contribution < -0.4 is 0 Å². The van der Waals surface area contributed by atoms with Crippen LogP contribution in [-0.2, 0) is 20.1 Å². The number of aliphatic hydroxyl groups excluding tert-OH is 3. The summed E-state index contributed by atoms with van der Waals surface area (Å²) in [6.07, 6.45) is -10.6. The molecule has 0 aliphatic carbocycles. The molecule has 0 bridgehead atoms. The lowest BCUT2D eigenvalue weighted by molar-refractivity contribution is -0.893. The number of rotatable bonds is 16. The Hall–Kier alpha value is -0.970. The van der Waals surface area contributed by atoms with Crippen LogP contribution in [0.15, 0.2) is 0 Å². The van der Waals surface area contributed by atoms with Crippen molar-refractivity contribution in [2.45, 2.75) is 48.3 Å². The number of halogens is 9. The first kappa shape index (κ1) is 36.0. The van der Waals surface area contributed by atoms with E-state index < -0.39 is 98.2 Å². The highest BCUT2D eigenvalue weighted by Crippen LogP contribution is 2.55. The van der Waals surface area contributed by atoms with E-state index in [9.17, 15) is 71.1 Å². The van der Waals surface area contributed by atoms with Crippen molar-refractivity contribution in [1.29, 1.82) is 0 Å². The molecule has 0 fully saturated rings. The number of nitrogens with zero attached hydrogens (tertiary/aromatic N) is 2. The van der Waals surface area contributed by atoms with Crippen molar-refractivity contribution in [2.75, 3.05) is 52.7 Å². The molecule has 2 atom stereocenters. The Kier molecular flexibility index (Phi) is 11.7. The average Bonchev–Trinajstić information content (AvgIpc) is 2.70. The van der Waals surface area contributed by atoms with E-state index in [2.05, 4.69) is 0 Å². The van der Waals surface area contributed by atoms with E-state index in [0.29, 0.717) is 0 Å². The van der Waals surface area contributed by atoms with Crippen LogP contribution >= 0.6 is 0 Å². The number of sulfonamides is 1. The van der Waals surface area contributed by atoms with Crippen LogP contribution in [0.3, 0.4) is 0 Å². The van der Waals surface area contributed by atoms with Gasteiger partial charge in [-0.1, -0.05) is 0 Å². The summed E-state index contributed by atoms with van der Waals surface area (Å²) >= 11 is 0. The van der Waals surface area contributed by atoms with Crippen LogP contribution in [0.2, 0.25) is 0 Å². The van der Waals surface area contributed by atoms with Gasteiger partial charge in [0.25, 0.3) is 10.0 Å². The molecular weight excluding hydrogens is 583 g/mol. The number of alkyl halides is 9. The summed E-state index contributed by atoms with van der Waals surface area (Å²) in [5.74, 6) is -16.6. The smallest absolute Gasteiger partial charge is 0.460 e. The van der Waals surface area contributed by atoms with Gasteiger partial charge >= 0.3 is 23.3 Å². The molecule has 0 saturated carbocycles. The Bertz CT molecular complexity index is 960. The molecule has 10 nitrogen and oxygen atoms in total. The van der Waals surface area contributed by atoms with Crippen LogP contribution in [0.25, 0.3) is 0 Å². The van der Waals surface area contributed by atoms with Crippen molar-refractivity contribution >= 4 is 20.1 Å². The first-order valence-electron chi connectivity index (χ1n) is 10.1. The Morgan fingerprint density at radius 1 is 0.892 bits per heavy atom. The molecule has 0 aliphatic rings. The van der Waals surface area contributed by atoms with Gasteiger partial charge in [-0.15, -0.1) is 0 Å². The Labute approximate surface area is 206 Å². The maximum absolute atomic E-state index is 14.4. The zero-order valence-electron chi connectivity index (χ0n) is 19.3. The number of hydrogen-bond donors (Lipinski definition) is 3. The standard InChI is InChI=1S/C16H27F9N2O8S2/c1-27(2,8-12(30)10-29)6-4-11(9-28)26(5-3-7-36(31,32)33)37(34,35)16(24,25)14(19,20)13(17,18)15(21,22)23/h11-12,28-30H,3-10H2,1-2H3. The molecule has 224 valence electrons. The Balaban J connectivity index is 6.52. The van der Waals surface area contributed by atoms with E-state index in [4.69, 9.17) is 5.11 Å². The van der Waals surface area contributed by atoms with Gasteiger partial charge in [-0.3, -0.25) is 0 Å². The molecule has 0 saturated heterocycles. The fraction of sp³-hybridized carbons (Fsp3) is 1.00. The quantitative estimate of drug-likeness (QED) is 0.127. The van der Waals surface area contributed by atoms with E-state index in [0.717, 1.165) is 0 Å². The van der Waals surface area contributed by atoms with Gasteiger partial charge in [0.15, 0.2) is 0 Å². The molecule has 0 aromatic rings. The summed E-state index contributed by atoms with van der Waals surface area (Å²) in [4.78, 5) is 0. The maximum atomic E-state index is 14.4. The highest BCUT2D eigenvalue weighted by molar-refractivity contribution is 7.90. The second-order valence-electron chi connectivity index (χ2n) is 8.70. The largest absolute Gasteiger partial charge is 0.748 e. The molecule has 0 aromatic carbocycles. The van der Waals surface area contributed by atoms with E-state index in [1.165, 1.54) is 14.1 Å². The summed E-state index contributed by atoms with van der Waals surface area (Å²) in [7, 11) is -9.69. The highest BCUT2D eigenvalue weighted by Gasteiger charge is 2.85. The molecule has 0 heterocycles. The lowest BCUT2D eigenvalue weighted by Gasteiger charge is -2.39. The lowest BCUT2D eigenvalue weighted by Crippen LogP contribution is -2.66. The number of aliphatic hydroxyl groups is 3. The van der Waals surface area contributed by atoms with Crippen molar-refractivity contribution in [3.8, 4) is 0 Å². The third-order valence-electron chi connectivity index (χ3n) is 5.12. The van der Waals surface area contributed by atoms with Crippen molar-refractivity contribution < 1.29 is 80.7 Å². The predicted octanol–water partition coefficient (Wildman–Crippen LogP) is 0.160. The van der Waals surface area contributed by atoms with Gasteiger partial charge in [0.2, 0.25) is 0 Å². The molecule has 0 aliphatic heterocycles. The van der Waals surface area contributed by atoms with E-state index >= 15 is 0 Å². The zero-order valence-corrected chi connectivity index (χ0v) is 20.9. The summed E-state index contributed by atoms with van der Waals surface area (Å²) in [6, 6.07) is -2.20. The van der Waals surface area contributed by atoms with Gasteiger partial charge in [-0.25, -0.2) is 16.8 Å². The molecule has 37 heavy (non-hydrogen) atoms. The number of likely N-dealkylation sites (N-methyl/N-ethyl adjacent to an activating group) is 1. The molecule has 0 amide bonds. The first-order chi connectivity index (χ1) is 16.2. The summed E-state index contributed by atoms with van der Waals surface area (Å²) in [6.45, 7) is -4.44. The molecule has 0 aromatic heterocycles. The fourth-order valence-electron chi connectivity index (χ4n) is 3.11. The topological polar surface area (TPSA) is 155 Å². The summed E-state index contributed by atoms with van der Waals surface area (Å²) in [5.41, 5.74) is 0. The minimum absolute atomic E-state index is 0.262. The maximum Gasteiger partial charge on any atom is 0.460 e. The molecule has 0 radical (unpaired) electrons. The van der Waals surface area contributed by atoms with Gasteiger partial charge in [0.1, 0.15) is 12.6 Å². The predicted molar refractivity (Wildman–Crippen MR) is 106 cm³/mol. The zero-order chi connectivity index (χ0) is 29.9. The lowest BCUT2D eigenvalue weighted by atomic mass is 10.1. The van der Waals surface area contributed by atoms with Gasteiger partial charge in [-0.05, 0) is 6.42 Å². The van der Waals surface area contributed by atoms with E-state index in [1.807, 2.05) is 0 Å². The van der Waals surface area contributed by atoms with Gasteiger partial charge in [0.05, 0.1) is 50.0 Å². The third kappa shape index (κ3) is 8.51. The third-order valence-corrected chi connectivity index (χ3v) is 7.91. The number of hydrogen-bond acceptors (Lipinski definition) is 8. The van der Waals surface area contributed by atoms with E-state index in [1.54, 1.807) is 0 Å². The second kappa shape index (κ2) is 12.0. The SMILES string of the molecule is C[N+](C)(CCC(CO)N(CCCS(=O)(=O)[O-])S(=O)(=O)C(F)(F)C(F)(F)C(F)(F)C(F)(F)F)CC(O)CO. The van der Waals surface area contributed by atoms with E-state index in [-0.39, 0.29) is 17.6 Å². The van der Waals surface area contributed by atoms with Gasteiger partial charge < -0.3 is 24.4 Å². The fourth-order valence-corrected chi connectivity index (χ4v) is 5.27. The second-order valence-corrected chi connectivity index (χ2v) is 12.2. The monoisotopic (exact) mass is 610 g/mol. The minimum Gasteiger partial charge on any atom is -0.748 e.